The standard InChI is InChI=1S/C15H26N2O3/c1-2-17-7-5-11(6-8-17)10-16-14(18)12-3-4-13(9-12)15(19)20/h11-13H,2-10H2,1H3,(H,16,18)(H,19,20)/t12-,13+/m1/s1. The first-order chi connectivity index (χ1) is 9.60. The fourth-order valence-corrected chi connectivity index (χ4v) is 3.34. The molecule has 1 saturated heterocycles. The number of amides is 1. The zero-order valence-corrected chi connectivity index (χ0v) is 12.3. The molecule has 1 aliphatic heterocycles. The molecule has 0 radical (unpaired) electrons. The summed E-state index contributed by atoms with van der Waals surface area (Å²) in [5.41, 5.74) is 0. The van der Waals surface area contributed by atoms with Crippen LogP contribution < -0.4 is 5.32 Å². The number of carboxylic acids is 1. The zero-order valence-electron chi connectivity index (χ0n) is 12.3. The van der Waals surface area contributed by atoms with Gasteiger partial charge in [-0.3, -0.25) is 9.59 Å². The highest BCUT2D eigenvalue weighted by Gasteiger charge is 2.33. The van der Waals surface area contributed by atoms with Crippen LogP contribution in [0.1, 0.15) is 39.0 Å². The summed E-state index contributed by atoms with van der Waals surface area (Å²) in [6.45, 7) is 6.30. The van der Waals surface area contributed by atoms with Crippen LogP contribution in [0.25, 0.3) is 0 Å². The molecular weight excluding hydrogens is 256 g/mol. The van der Waals surface area contributed by atoms with Gasteiger partial charge in [-0.15, -0.1) is 0 Å². The van der Waals surface area contributed by atoms with Crippen LogP contribution in [-0.2, 0) is 9.59 Å². The molecule has 0 aromatic carbocycles. The van der Waals surface area contributed by atoms with Crippen LogP contribution in [0, 0.1) is 17.8 Å². The molecule has 2 atom stereocenters. The normalized spacial score (nSPS) is 28.4. The van der Waals surface area contributed by atoms with Crippen molar-refractivity contribution >= 4 is 11.9 Å². The third kappa shape index (κ3) is 3.95. The minimum atomic E-state index is -0.757. The largest absolute Gasteiger partial charge is 0.481 e. The first kappa shape index (κ1) is 15.3. The van der Waals surface area contributed by atoms with Gasteiger partial charge in [-0.25, -0.2) is 0 Å². The lowest BCUT2D eigenvalue weighted by molar-refractivity contribution is -0.141. The van der Waals surface area contributed by atoms with E-state index >= 15 is 0 Å². The van der Waals surface area contributed by atoms with Gasteiger partial charge in [-0.2, -0.15) is 0 Å². The van der Waals surface area contributed by atoms with Gasteiger partial charge in [-0.05, 0) is 57.7 Å². The van der Waals surface area contributed by atoms with Gasteiger partial charge in [0.15, 0.2) is 0 Å². The molecule has 0 aromatic heterocycles. The molecule has 2 fully saturated rings. The number of hydrogen-bond acceptors (Lipinski definition) is 3. The zero-order chi connectivity index (χ0) is 14.5. The molecule has 1 aliphatic carbocycles. The lowest BCUT2D eigenvalue weighted by Gasteiger charge is -2.31. The van der Waals surface area contributed by atoms with E-state index in [4.69, 9.17) is 5.11 Å². The van der Waals surface area contributed by atoms with E-state index < -0.39 is 5.97 Å². The van der Waals surface area contributed by atoms with Gasteiger partial charge in [-0.1, -0.05) is 6.92 Å². The second kappa shape index (κ2) is 7.07. The first-order valence-corrected chi connectivity index (χ1v) is 7.83. The molecule has 2 rings (SSSR count). The van der Waals surface area contributed by atoms with Crippen LogP contribution in [0.15, 0.2) is 0 Å². The summed E-state index contributed by atoms with van der Waals surface area (Å²) in [5.74, 6) is -0.525. The van der Waals surface area contributed by atoms with Gasteiger partial charge in [0, 0.05) is 12.5 Å². The van der Waals surface area contributed by atoms with Gasteiger partial charge < -0.3 is 15.3 Å². The van der Waals surface area contributed by atoms with Crippen molar-refractivity contribution in [3.8, 4) is 0 Å². The number of piperidine rings is 1. The molecule has 0 unspecified atom stereocenters. The number of hydrogen-bond donors (Lipinski definition) is 2. The molecule has 0 spiro atoms. The van der Waals surface area contributed by atoms with E-state index in [0.717, 1.165) is 45.4 Å². The third-order valence-corrected chi connectivity index (χ3v) is 4.87. The highest BCUT2D eigenvalue weighted by Crippen LogP contribution is 2.31. The second-order valence-corrected chi connectivity index (χ2v) is 6.17. The summed E-state index contributed by atoms with van der Waals surface area (Å²) in [4.78, 5) is 25.4. The van der Waals surface area contributed by atoms with Crippen LogP contribution in [-0.4, -0.2) is 48.1 Å². The Balaban J connectivity index is 1.67. The number of likely N-dealkylation sites (tertiary alicyclic amines) is 1. The number of aliphatic carboxylic acids is 1. The van der Waals surface area contributed by atoms with Gasteiger partial charge >= 0.3 is 5.97 Å². The highest BCUT2D eigenvalue weighted by molar-refractivity contribution is 5.80. The molecule has 2 aliphatic rings. The predicted octanol–water partition coefficient (Wildman–Crippen LogP) is 1.34. The van der Waals surface area contributed by atoms with Gasteiger partial charge in [0.05, 0.1) is 5.92 Å². The summed E-state index contributed by atoms with van der Waals surface area (Å²) in [6.07, 6.45) is 4.17. The van der Waals surface area contributed by atoms with Crippen molar-refractivity contribution < 1.29 is 14.7 Å². The molecule has 114 valence electrons. The molecule has 1 saturated carbocycles. The van der Waals surface area contributed by atoms with Crippen molar-refractivity contribution in [3.63, 3.8) is 0 Å². The monoisotopic (exact) mass is 282 g/mol. The summed E-state index contributed by atoms with van der Waals surface area (Å²) >= 11 is 0. The van der Waals surface area contributed by atoms with Crippen molar-refractivity contribution in [1.82, 2.24) is 10.2 Å². The Morgan fingerprint density at radius 3 is 2.35 bits per heavy atom. The van der Waals surface area contributed by atoms with Gasteiger partial charge in [0.1, 0.15) is 0 Å². The Kier molecular flexibility index (Phi) is 5.40. The molecule has 2 N–H and O–H groups in total. The SMILES string of the molecule is CCN1CCC(CNC(=O)[C@@H]2CC[C@H](C(=O)O)C2)CC1. The Morgan fingerprint density at radius 1 is 1.15 bits per heavy atom. The number of nitrogens with one attached hydrogen (secondary N) is 1. The first-order valence-electron chi connectivity index (χ1n) is 7.83. The number of rotatable bonds is 5. The number of nitrogens with zero attached hydrogens (tertiary/aromatic N) is 1. The van der Waals surface area contributed by atoms with Gasteiger partial charge in [0.25, 0.3) is 0 Å². The summed E-state index contributed by atoms with van der Waals surface area (Å²) in [6, 6.07) is 0. The lowest BCUT2D eigenvalue weighted by atomic mass is 9.96. The fourth-order valence-electron chi connectivity index (χ4n) is 3.34. The second-order valence-electron chi connectivity index (χ2n) is 6.17. The molecular formula is C15H26N2O3. The lowest BCUT2D eigenvalue weighted by Crippen LogP contribution is -2.39. The van der Waals surface area contributed by atoms with Crippen molar-refractivity contribution in [2.24, 2.45) is 17.8 Å². The number of carboxylic acid groups (broad SMARTS) is 1. The molecule has 20 heavy (non-hydrogen) atoms. The van der Waals surface area contributed by atoms with Crippen LogP contribution in [0.3, 0.4) is 0 Å². The van der Waals surface area contributed by atoms with E-state index in [-0.39, 0.29) is 17.7 Å². The summed E-state index contributed by atoms with van der Waals surface area (Å²) in [7, 11) is 0. The quantitative estimate of drug-likeness (QED) is 0.798. The maximum Gasteiger partial charge on any atom is 0.306 e. The van der Waals surface area contributed by atoms with Crippen LogP contribution in [0.4, 0.5) is 0 Å². The average molecular weight is 282 g/mol. The fraction of sp³-hybridized carbons (Fsp3) is 0.867. The maximum atomic E-state index is 12.1. The Hall–Kier alpha value is -1.10. The van der Waals surface area contributed by atoms with Crippen molar-refractivity contribution in [1.29, 1.82) is 0 Å². The Morgan fingerprint density at radius 2 is 1.80 bits per heavy atom. The minimum absolute atomic E-state index is 0.0617. The van der Waals surface area contributed by atoms with E-state index in [1.807, 2.05) is 0 Å². The van der Waals surface area contributed by atoms with E-state index in [1.165, 1.54) is 0 Å². The Labute approximate surface area is 120 Å². The maximum absolute atomic E-state index is 12.1. The molecule has 0 bridgehead atoms. The number of carbonyl (C=O) groups is 2. The van der Waals surface area contributed by atoms with Crippen molar-refractivity contribution in [2.75, 3.05) is 26.2 Å². The smallest absolute Gasteiger partial charge is 0.306 e. The van der Waals surface area contributed by atoms with E-state index in [0.29, 0.717) is 18.8 Å². The van der Waals surface area contributed by atoms with Gasteiger partial charge in [0.2, 0.25) is 5.91 Å². The highest BCUT2D eigenvalue weighted by atomic mass is 16.4. The number of carbonyl (C=O) groups excluding carboxylic acids is 1. The van der Waals surface area contributed by atoms with E-state index in [9.17, 15) is 9.59 Å². The van der Waals surface area contributed by atoms with Crippen LogP contribution >= 0.6 is 0 Å². The summed E-state index contributed by atoms with van der Waals surface area (Å²) < 4.78 is 0. The van der Waals surface area contributed by atoms with Crippen molar-refractivity contribution in [2.45, 2.75) is 39.0 Å². The van der Waals surface area contributed by atoms with Crippen molar-refractivity contribution in [3.05, 3.63) is 0 Å². The topological polar surface area (TPSA) is 69.6 Å². The van der Waals surface area contributed by atoms with Crippen LogP contribution in [0.5, 0.6) is 0 Å². The van der Waals surface area contributed by atoms with Crippen LogP contribution in [0.2, 0.25) is 0 Å². The molecule has 1 amide bonds. The molecule has 0 aromatic rings. The average Bonchev–Trinajstić information content (AvgIpc) is 2.95. The Bertz CT molecular complexity index is 351. The summed E-state index contributed by atoms with van der Waals surface area (Å²) in [5, 5.41) is 12.0. The molecule has 5 heteroatoms. The minimum Gasteiger partial charge on any atom is -0.481 e. The third-order valence-electron chi connectivity index (χ3n) is 4.87. The predicted molar refractivity (Wildman–Crippen MR) is 76.3 cm³/mol. The van der Waals surface area contributed by atoms with E-state index in [1.54, 1.807) is 0 Å². The molecule has 1 heterocycles. The molecule has 5 nitrogen and oxygen atoms in total. The van der Waals surface area contributed by atoms with E-state index in [2.05, 4.69) is 17.1 Å².